The molecule has 5 heteroatoms. The molecular formula is C15H15Br2FN2. The molecule has 1 aromatic heterocycles. The molecule has 0 amide bonds. The Morgan fingerprint density at radius 3 is 2.35 bits per heavy atom. The zero-order valence-corrected chi connectivity index (χ0v) is 14.5. The normalized spacial score (nSPS) is 10.8. The molecule has 0 saturated carbocycles. The summed E-state index contributed by atoms with van der Waals surface area (Å²) in [6.45, 7) is 4.92. The van der Waals surface area contributed by atoms with Gasteiger partial charge in [0.15, 0.2) is 0 Å². The second-order valence-electron chi connectivity index (χ2n) is 4.73. The molecule has 0 aliphatic rings. The maximum absolute atomic E-state index is 13.5. The van der Waals surface area contributed by atoms with Crippen LogP contribution in [-0.4, -0.2) is 4.98 Å². The Kier molecular flexibility index (Phi) is 5.29. The van der Waals surface area contributed by atoms with Crippen LogP contribution >= 0.6 is 31.9 Å². The van der Waals surface area contributed by atoms with Crippen molar-refractivity contribution in [1.82, 2.24) is 10.3 Å². The van der Waals surface area contributed by atoms with E-state index in [4.69, 9.17) is 0 Å². The predicted molar refractivity (Wildman–Crippen MR) is 86.1 cm³/mol. The van der Waals surface area contributed by atoms with Crippen molar-refractivity contribution in [3.8, 4) is 0 Å². The van der Waals surface area contributed by atoms with Crippen molar-refractivity contribution in [3.63, 3.8) is 0 Å². The summed E-state index contributed by atoms with van der Waals surface area (Å²) in [7, 11) is 0. The van der Waals surface area contributed by atoms with Gasteiger partial charge in [0.25, 0.3) is 0 Å². The van der Waals surface area contributed by atoms with Gasteiger partial charge in [-0.15, -0.1) is 0 Å². The Hall–Kier alpha value is -0.780. The molecule has 0 aliphatic heterocycles. The quantitative estimate of drug-likeness (QED) is 0.806. The summed E-state index contributed by atoms with van der Waals surface area (Å²) in [6, 6.07) is 5.72. The summed E-state index contributed by atoms with van der Waals surface area (Å²) in [4.78, 5) is 4.34. The van der Waals surface area contributed by atoms with Gasteiger partial charge in [0.2, 0.25) is 0 Å². The van der Waals surface area contributed by atoms with Crippen LogP contribution in [0.1, 0.15) is 22.4 Å². The lowest BCUT2D eigenvalue weighted by molar-refractivity contribution is 0.605. The monoisotopic (exact) mass is 400 g/mol. The van der Waals surface area contributed by atoms with Crippen LogP contribution in [0.5, 0.6) is 0 Å². The fourth-order valence-electron chi connectivity index (χ4n) is 2.04. The van der Waals surface area contributed by atoms with Crippen molar-refractivity contribution < 1.29 is 4.39 Å². The topological polar surface area (TPSA) is 24.9 Å². The first-order valence-corrected chi connectivity index (χ1v) is 7.82. The van der Waals surface area contributed by atoms with Crippen LogP contribution in [0.3, 0.4) is 0 Å². The van der Waals surface area contributed by atoms with Gasteiger partial charge in [0.05, 0.1) is 5.69 Å². The molecule has 0 spiro atoms. The highest BCUT2D eigenvalue weighted by Crippen LogP contribution is 2.19. The Balaban J connectivity index is 1.99. The summed E-state index contributed by atoms with van der Waals surface area (Å²) in [6.07, 6.45) is 1.77. The number of aromatic nitrogens is 1. The molecule has 20 heavy (non-hydrogen) atoms. The Morgan fingerprint density at radius 2 is 1.75 bits per heavy atom. The average Bonchev–Trinajstić information content (AvgIpc) is 2.38. The van der Waals surface area contributed by atoms with Crippen LogP contribution in [0.4, 0.5) is 4.39 Å². The van der Waals surface area contributed by atoms with E-state index in [9.17, 15) is 4.39 Å². The molecule has 0 saturated heterocycles. The minimum atomic E-state index is -0.119. The fourth-order valence-corrected chi connectivity index (χ4v) is 3.16. The maximum atomic E-state index is 13.5. The zero-order chi connectivity index (χ0) is 14.7. The van der Waals surface area contributed by atoms with Crippen LogP contribution < -0.4 is 5.32 Å². The standard InChI is InChI=1S/C15H15Br2FN2/c1-9-3-11(4-10(2)15(9)18)6-19-8-14-13(17)5-12(16)7-20-14/h3-5,7,19H,6,8H2,1-2H3. The number of pyridine rings is 1. The summed E-state index contributed by atoms with van der Waals surface area (Å²) in [5.41, 5.74) is 3.40. The molecule has 2 aromatic rings. The minimum Gasteiger partial charge on any atom is -0.307 e. The third-order valence-electron chi connectivity index (χ3n) is 3.00. The lowest BCUT2D eigenvalue weighted by Crippen LogP contribution is -2.14. The molecule has 0 radical (unpaired) electrons. The minimum absolute atomic E-state index is 0.119. The van der Waals surface area contributed by atoms with Gasteiger partial charge in [0, 0.05) is 28.2 Å². The van der Waals surface area contributed by atoms with E-state index in [0.717, 1.165) is 20.2 Å². The smallest absolute Gasteiger partial charge is 0.129 e. The third-order valence-corrected chi connectivity index (χ3v) is 4.12. The van der Waals surface area contributed by atoms with Crippen molar-refractivity contribution in [2.75, 3.05) is 0 Å². The molecule has 1 N–H and O–H groups in total. The van der Waals surface area contributed by atoms with Gasteiger partial charge in [0.1, 0.15) is 5.82 Å². The van der Waals surface area contributed by atoms with E-state index in [0.29, 0.717) is 24.2 Å². The van der Waals surface area contributed by atoms with E-state index < -0.39 is 0 Å². The molecular weight excluding hydrogens is 387 g/mol. The molecule has 0 atom stereocenters. The van der Waals surface area contributed by atoms with Crippen molar-refractivity contribution in [2.45, 2.75) is 26.9 Å². The van der Waals surface area contributed by atoms with Gasteiger partial charge in [-0.3, -0.25) is 4.98 Å². The molecule has 2 nitrogen and oxygen atoms in total. The second kappa shape index (κ2) is 6.78. The highest BCUT2D eigenvalue weighted by molar-refractivity contribution is 9.11. The summed E-state index contributed by atoms with van der Waals surface area (Å²) < 4.78 is 15.5. The lowest BCUT2D eigenvalue weighted by atomic mass is 10.1. The van der Waals surface area contributed by atoms with E-state index in [1.807, 2.05) is 18.2 Å². The lowest BCUT2D eigenvalue weighted by Gasteiger charge is -2.09. The first kappa shape index (κ1) is 15.6. The first-order chi connectivity index (χ1) is 9.47. The molecule has 0 bridgehead atoms. The number of nitrogens with one attached hydrogen (secondary N) is 1. The molecule has 106 valence electrons. The summed E-state index contributed by atoms with van der Waals surface area (Å²) in [5.74, 6) is -0.119. The average molecular weight is 402 g/mol. The Labute approximate surface area is 135 Å². The van der Waals surface area contributed by atoms with Crippen LogP contribution in [0, 0.1) is 19.7 Å². The summed E-state index contributed by atoms with van der Waals surface area (Å²) >= 11 is 6.86. The zero-order valence-electron chi connectivity index (χ0n) is 11.3. The van der Waals surface area contributed by atoms with Crippen LogP contribution in [-0.2, 0) is 13.1 Å². The number of halogens is 3. The first-order valence-electron chi connectivity index (χ1n) is 6.23. The van der Waals surface area contributed by atoms with Gasteiger partial charge in [-0.25, -0.2) is 4.39 Å². The molecule has 0 aliphatic carbocycles. The van der Waals surface area contributed by atoms with E-state index in [2.05, 4.69) is 42.2 Å². The largest absolute Gasteiger partial charge is 0.307 e. The molecule has 1 heterocycles. The van der Waals surface area contributed by atoms with E-state index >= 15 is 0 Å². The number of hydrogen-bond acceptors (Lipinski definition) is 2. The number of benzene rings is 1. The van der Waals surface area contributed by atoms with E-state index in [-0.39, 0.29) is 5.82 Å². The van der Waals surface area contributed by atoms with E-state index in [1.54, 1.807) is 20.0 Å². The van der Waals surface area contributed by atoms with Gasteiger partial charge < -0.3 is 5.32 Å². The maximum Gasteiger partial charge on any atom is 0.129 e. The molecule has 0 unspecified atom stereocenters. The Morgan fingerprint density at radius 1 is 1.10 bits per heavy atom. The van der Waals surface area contributed by atoms with Crippen molar-refractivity contribution >= 4 is 31.9 Å². The van der Waals surface area contributed by atoms with Gasteiger partial charge in [-0.2, -0.15) is 0 Å². The number of hydrogen-bond donors (Lipinski definition) is 1. The molecule has 1 aromatic carbocycles. The van der Waals surface area contributed by atoms with E-state index in [1.165, 1.54) is 0 Å². The van der Waals surface area contributed by atoms with Crippen molar-refractivity contribution in [1.29, 1.82) is 0 Å². The van der Waals surface area contributed by atoms with Crippen LogP contribution in [0.2, 0.25) is 0 Å². The summed E-state index contributed by atoms with van der Waals surface area (Å²) in [5, 5.41) is 3.32. The molecule has 0 fully saturated rings. The fraction of sp³-hybridized carbons (Fsp3) is 0.267. The predicted octanol–water partition coefficient (Wildman–Crippen LogP) is 4.65. The van der Waals surface area contributed by atoms with Crippen molar-refractivity contribution in [3.05, 3.63) is 61.5 Å². The van der Waals surface area contributed by atoms with Gasteiger partial charge in [-0.1, -0.05) is 12.1 Å². The third kappa shape index (κ3) is 3.87. The molecule has 2 rings (SSSR count). The Bertz CT molecular complexity index is 606. The van der Waals surface area contributed by atoms with Gasteiger partial charge >= 0.3 is 0 Å². The van der Waals surface area contributed by atoms with Crippen LogP contribution in [0.25, 0.3) is 0 Å². The van der Waals surface area contributed by atoms with Gasteiger partial charge in [-0.05, 0) is 68.5 Å². The SMILES string of the molecule is Cc1cc(CNCc2ncc(Br)cc2Br)cc(C)c1F. The van der Waals surface area contributed by atoms with Crippen molar-refractivity contribution in [2.24, 2.45) is 0 Å². The highest BCUT2D eigenvalue weighted by Gasteiger charge is 2.05. The second-order valence-corrected chi connectivity index (χ2v) is 6.50. The van der Waals surface area contributed by atoms with Crippen LogP contribution in [0.15, 0.2) is 33.3 Å². The number of aryl methyl sites for hydroxylation is 2. The number of nitrogens with zero attached hydrogens (tertiary/aromatic N) is 1. The highest BCUT2D eigenvalue weighted by atomic mass is 79.9. The number of rotatable bonds is 4.